The van der Waals surface area contributed by atoms with Crippen molar-refractivity contribution < 1.29 is 5.11 Å². The molecule has 3 nitrogen and oxygen atoms in total. The van der Waals surface area contributed by atoms with Gasteiger partial charge in [0.25, 0.3) is 0 Å². The van der Waals surface area contributed by atoms with Crippen LogP contribution in [-0.4, -0.2) is 15.1 Å². The molecule has 74 valence electrons. The average molecular weight is 190 g/mol. The number of nitrogens with zero attached hydrogens (tertiary/aromatic N) is 2. The monoisotopic (exact) mass is 190 g/mol. The first-order valence-corrected chi connectivity index (χ1v) is 4.46. The molecule has 0 amide bonds. The number of aliphatic hydroxyl groups is 1. The first-order chi connectivity index (χ1) is 6.51. The van der Waals surface area contributed by atoms with Gasteiger partial charge in [0, 0.05) is 5.41 Å². The van der Waals surface area contributed by atoms with E-state index < -0.39 is 0 Å². The summed E-state index contributed by atoms with van der Waals surface area (Å²) in [6, 6.07) is 0. The maximum atomic E-state index is 8.75. The third-order valence-corrected chi connectivity index (χ3v) is 1.43. The van der Waals surface area contributed by atoms with E-state index in [9.17, 15) is 0 Å². The van der Waals surface area contributed by atoms with Gasteiger partial charge in [-0.15, -0.1) is 0 Å². The summed E-state index contributed by atoms with van der Waals surface area (Å²) in [4.78, 5) is 8.04. The molecule has 1 rings (SSSR count). The molecule has 0 unspecified atom stereocenters. The van der Waals surface area contributed by atoms with Crippen LogP contribution in [0.25, 0.3) is 0 Å². The zero-order valence-electron chi connectivity index (χ0n) is 8.70. The summed E-state index contributed by atoms with van der Waals surface area (Å²) < 4.78 is 0. The van der Waals surface area contributed by atoms with Gasteiger partial charge in [-0.05, 0) is 26.7 Å². The Morgan fingerprint density at radius 1 is 1.29 bits per heavy atom. The maximum Gasteiger partial charge on any atom is 0.131 e. The first kappa shape index (κ1) is 10.7. The minimum Gasteiger partial charge on any atom is -0.390 e. The minimum absolute atomic E-state index is 0.0304. The van der Waals surface area contributed by atoms with E-state index in [2.05, 4.69) is 21.8 Å². The second-order valence-electron chi connectivity index (χ2n) is 4.05. The summed E-state index contributed by atoms with van der Waals surface area (Å²) in [5.41, 5.74) is 1.17. The van der Waals surface area contributed by atoms with Crippen molar-refractivity contribution in [1.82, 2.24) is 9.97 Å². The molecular weight excluding hydrogens is 176 g/mol. The standard InChI is InChI=1S/C11H14N2O/c1-11(2,3)5-4-9-6-13-10(8-14)7-12-9/h6-7,14H,8H2,1-3H3. The molecule has 14 heavy (non-hydrogen) atoms. The van der Waals surface area contributed by atoms with Crippen LogP contribution < -0.4 is 0 Å². The van der Waals surface area contributed by atoms with E-state index >= 15 is 0 Å². The molecule has 0 radical (unpaired) electrons. The smallest absolute Gasteiger partial charge is 0.131 e. The van der Waals surface area contributed by atoms with Gasteiger partial charge in [0.05, 0.1) is 24.7 Å². The molecule has 0 aliphatic carbocycles. The third-order valence-electron chi connectivity index (χ3n) is 1.43. The van der Waals surface area contributed by atoms with Gasteiger partial charge in [0.2, 0.25) is 0 Å². The van der Waals surface area contributed by atoms with Crippen molar-refractivity contribution in [3.8, 4) is 11.8 Å². The molecule has 0 atom stereocenters. The molecule has 0 saturated carbocycles. The van der Waals surface area contributed by atoms with Crippen LogP contribution >= 0.6 is 0 Å². The Hall–Kier alpha value is -1.40. The van der Waals surface area contributed by atoms with Gasteiger partial charge in [-0.3, -0.25) is 4.98 Å². The lowest BCUT2D eigenvalue weighted by atomic mass is 9.98. The van der Waals surface area contributed by atoms with Gasteiger partial charge in [-0.25, -0.2) is 4.98 Å². The van der Waals surface area contributed by atoms with E-state index in [1.165, 1.54) is 6.20 Å². The molecule has 1 aromatic rings. The SMILES string of the molecule is CC(C)(C)C#Cc1cnc(CO)cn1. The molecule has 0 fully saturated rings. The lowest BCUT2D eigenvalue weighted by Gasteiger charge is -2.06. The molecule has 0 aliphatic rings. The lowest BCUT2D eigenvalue weighted by Crippen LogP contribution is -2.00. The fraction of sp³-hybridized carbons (Fsp3) is 0.455. The van der Waals surface area contributed by atoms with Crippen molar-refractivity contribution in [3.05, 3.63) is 23.8 Å². The van der Waals surface area contributed by atoms with Crippen molar-refractivity contribution in [2.45, 2.75) is 27.4 Å². The van der Waals surface area contributed by atoms with Crippen molar-refractivity contribution in [1.29, 1.82) is 0 Å². The van der Waals surface area contributed by atoms with Crippen LogP contribution in [0.1, 0.15) is 32.2 Å². The summed E-state index contributed by atoms with van der Waals surface area (Å²) in [5.74, 6) is 5.99. The fourth-order valence-electron chi connectivity index (χ4n) is 0.753. The number of rotatable bonds is 1. The quantitative estimate of drug-likeness (QED) is 0.680. The summed E-state index contributed by atoms with van der Waals surface area (Å²) in [6.45, 7) is 6.03. The normalized spacial score (nSPS) is 10.6. The highest BCUT2D eigenvalue weighted by molar-refractivity contribution is 5.27. The summed E-state index contributed by atoms with van der Waals surface area (Å²) in [6.07, 6.45) is 3.11. The number of hydrogen-bond acceptors (Lipinski definition) is 3. The zero-order chi connectivity index (χ0) is 10.6. The highest BCUT2D eigenvalue weighted by Crippen LogP contribution is 2.10. The second-order valence-corrected chi connectivity index (χ2v) is 4.05. The number of aliphatic hydroxyl groups excluding tert-OH is 1. The van der Waals surface area contributed by atoms with Crippen LogP contribution in [0, 0.1) is 17.3 Å². The Morgan fingerprint density at radius 3 is 2.43 bits per heavy atom. The summed E-state index contributed by atoms with van der Waals surface area (Å²) in [5, 5.41) is 8.75. The molecule has 0 bridgehead atoms. The zero-order valence-corrected chi connectivity index (χ0v) is 8.70. The van der Waals surface area contributed by atoms with Gasteiger partial charge in [0.1, 0.15) is 5.69 Å². The Morgan fingerprint density at radius 2 is 2.00 bits per heavy atom. The van der Waals surface area contributed by atoms with Gasteiger partial charge < -0.3 is 5.11 Å². The lowest BCUT2D eigenvalue weighted by molar-refractivity contribution is 0.276. The van der Waals surface area contributed by atoms with E-state index in [0.29, 0.717) is 11.4 Å². The van der Waals surface area contributed by atoms with Crippen molar-refractivity contribution >= 4 is 0 Å². The Balaban J connectivity index is 2.82. The van der Waals surface area contributed by atoms with E-state index in [1.807, 2.05) is 20.8 Å². The van der Waals surface area contributed by atoms with E-state index in [4.69, 9.17) is 5.11 Å². The molecule has 1 N–H and O–H groups in total. The number of hydrogen-bond donors (Lipinski definition) is 1. The molecule has 0 spiro atoms. The highest BCUT2D eigenvalue weighted by atomic mass is 16.3. The summed E-state index contributed by atoms with van der Waals surface area (Å²) in [7, 11) is 0. The molecule has 3 heteroatoms. The van der Waals surface area contributed by atoms with Crippen molar-refractivity contribution in [3.63, 3.8) is 0 Å². The van der Waals surface area contributed by atoms with Crippen LogP contribution in [0.5, 0.6) is 0 Å². The van der Waals surface area contributed by atoms with E-state index in [-0.39, 0.29) is 12.0 Å². The highest BCUT2D eigenvalue weighted by Gasteiger charge is 2.03. The predicted octanol–water partition coefficient (Wildman–Crippen LogP) is 1.37. The third kappa shape index (κ3) is 3.55. The van der Waals surface area contributed by atoms with Crippen LogP contribution in [-0.2, 0) is 6.61 Å². The van der Waals surface area contributed by atoms with E-state index in [1.54, 1.807) is 6.20 Å². The van der Waals surface area contributed by atoms with Crippen LogP contribution in [0.3, 0.4) is 0 Å². The molecule has 0 aliphatic heterocycles. The predicted molar refractivity (Wildman–Crippen MR) is 54.3 cm³/mol. The molecule has 0 saturated heterocycles. The number of aromatic nitrogens is 2. The Kier molecular flexibility index (Phi) is 3.21. The van der Waals surface area contributed by atoms with Crippen LogP contribution in [0.2, 0.25) is 0 Å². The topological polar surface area (TPSA) is 46.0 Å². The Bertz CT molecular complexity index is 352. The summed E-state index contributed by atoms with van der Waals surface area (Å²) >= 11 is 0. The molecular formula is C11H14N2O. The van der Waals surface area contributed by atoms with Gasteiger partial charge in [-0.2, -0.15) is 0 Å². The molecule has 0 aromatic carbocycles. The Labute approximate surface area is 84.2 Å². The van der Waals surface area contributed by atoms with Crippen molar-refractivity contribution in [2.75, 3.05) is 0 Å². The average Bonchev–Trinajstić information content (AvgIpc) is 2.14. The van der Waals surface area contributed by atoms with Crippen LogP contribution in [0.15, 0.2) is 12.4 Å². The van der Waals surface area contributed by atoms with E-state index in [0.717, 1.165) is 0 Å². The first-order valence-electron chi connectivity index (χ1n) is 4.46. The molecule has 1 aromatic heterocycles. The van der Waals surface area contributed by atoms with Crippen molar-refractivity contribution in [2.24, 2.45) is 5.41 Å². The second kappa shape index (κ2) is 4.21. The maximum absolute atomic E-state index is 8.75. The van der Waals surface area contributed by atoms with Crippen LogP contribution in [0.4, 0.5) is 0 Å². The minimum atomic E-state index is -0.0834. The largest absolute Gasteiger partial charge is 0.390 e. The fourth-order valence-corrected chi connectivity index (χ4v) is 0.753. The van der Waals surface area contributed by atoms with Gasteiger partial charge in [0.15, 0.2) is 0 Å². The van der Waals surface area contributed by atoms with Gasteiger partial charge in [-0.1, -0.05) is 5.92 Å². The molecule has 1 heterocycles. The van der Waals surface area contributed by atoms with Gasteiger partial charge >= 0.3 is 0 Å².